The zero-order valence-electron chi connectivity index (χ0n) is 12.2. The summed E-state index contributed by atoms with van der Waals surface area (Å²) in [6.07, 6.45) is 1.61. The number of hydrogen-bond acceptors (Lipinski definition) is 3. The standard InChI is InChI=1S/C15H20FN3O/c1-9(2)19-15(13(20-4)8-18-19)14(17)11-7-10(3)5-6-12(11)16/h5-9,14H,17H2,1-4H3. The minimum absolute atomic E-state index is 0.118. The Morgan fingerprint density at radius 2 is 2.05 bits per heavy atom. The van der Waals surface area contributed by atoms with Crippen LogP contribution in [-0.2, 0) is 0 Å². The van der Waals surface area contributed by atoms with Crippen LogP contribution in [-0.4, -0.2) is 16.9 Å². The number of aromatic nitrogens is 2. The van der Waals surface area contributed by atoms with Crippen LogP contribution in [0.4, 0.5) is 4.39 Å². The highest BCUT2D eigenvalue weighted by molar-refractivity contribution is 5.38. The number of benzene rings is 1. The van der Waals surface area contributed by atoms with Crippen molar-refractivity contribution in [1.29, 1.82) is 0 Å². The van der Waals surface area contributed by atoms with Gasteiger partial charge in [-0.05, 0) is 26.8 Å². The van der Waals surface area contributed by atoms with Crippen LogP contribution in [0.25, 0.3) is 0 Å². The van der Waals surface area contributed by atoms with Gasteiger partial charge in [0.15, 0.2) is 5.75 Å². The van der Waals surface area contributed by atoms with Gasteiger partial charge in [-0.3, -0.25) is 4.68 Å². The van der Waals surface area contributed by atoms with Gasteiger partial charge in [0, 0.05) is 11.6 Å². The van der Waals surface area contributed by atoms with Crippen molar-refractivity contribution in [1.82, 2.24) is 9.78 Å². The summed E-state index contributed by atoms with van der Waals surface area (Å²) < 4.78 is 21.1. The Balaban J connectivity index is 2.55. The number of ether oxygens (including phenoxy) is 1. The predicted molar refractivity (Wildman–Crippen MR) is 76.3 cm³/mol. The van der Waals surface area contributed by atoms with Gasteiger partial charge < -0.3 is 10.5 Å². The SMILES string of the molecule is COc1cnn(C(C)C)c1C(N)c1cc(C)ccc1F. The highest BCUT2D eigenvalue weighted by Gasteiger charge is 2.23. The van der Waals surface area contributed by atoms with Gasteiger partial charge in [0.25, 0.3) is 0 Å². The summed E-state index contributed by atoms with van der Waals surface area (Å²) in [6.45, 7) is 5.90. The van der Waals surface area contributed by atoms with E-state index < -0.39 is 6.04 Å². The first-order valence-corrected chi connectivity index (χ1v) is 6.58. The van der Waals surface area contributed by atoms with E-state index in [1.807, 2.05) is 20.8 Å². The molecule has 2 rings (SSSR count). The van der Waals surface area contributed by atoms with Crippen molar-refractivity contribution >= 4 is 0 Å². The maximum Gasteiger partial charge on any atom is 0.161 e. The average molecular weight is 277 g/mol. The molecule has 0 radical (unpaired) electrons. The summed E-state index contributed by atoms with van der Waals surface area (Å²) in [4.78, 5) is 0. The van der Waals surface area contributed by atoms with E-state index in [-0.39, 0.29) is 11.9 Å². The first-order valence-electron chi connectivity index (χ1n) is 6.58. The minimum atomic E-state index is -0.616. The number of methoxy groups -OCH3 is 1. The Labute approximate surface area is 118 Å². The molecule has 0 amide bonds. The van der Waals surface area contributed by atoms with Gasteiger partial charge in [0.2, 0.25) is 0 Å². The van der Waals surface area contributed by atoms with Crippen molar-refractivity contribution in [3.8, 4) is 5.75 Å². The average Bonchev–Trinajstić information content (AvgIpc) is 2.84. The fraction of sp³-hybridized carbons (Fsp3) is 0.400. The van der Waals surface area contributed by atoms with Crippen LogP contribution in [0.5, 0.6) is 5.75 Å². The van der Waals surface area contributed by atoms with Crippen molar-refractivity contribution in [3.05, 3.63) is 47.0 Å². The van der Waals surface area contributed by atoms with Crippen molar-refractivity contribution in [2.45, 2.75) is 32.9 Å². The Hall–Kier alpha value is -1.88. The van der Waals surface area contributed by atoms with Crippen LogP contribution in [0.1, 0.15) is 42.8 Å². The lowest BCUT2D eigenvalue weighted by atomic mass is 10.0. The molecule has 4 nitrogen and oxygen atoms in total. The van der Waals surface area contributed by atoms with E-state index in [0.29, 0.717) is 17.0 Å². The van der Waals surface area contributed by atoms with Crippen molar-refractivity contribution in [2.75, 3.05) is 7.11 Å². The molecule has 2 N–H and O–H groups in total. The third-order valence-corrected chi connectivity index (χ3v) is 3.29. The molecule has 0 aliphatic heterocycles. The van der Waals surface area contributed by atoms with E-state index in [4.69, 9.17) is 10.5 Å². The van der Waals surface area contributed by atoms with Crippen molar-refractivity contribution < 1.29 is 9.13 Å². The van der Waals surface area contributed by atoms with Crippen LogP contribution in [0.15, 0.2) is 24.4 Å². The number of aryl methyl sites for hydroxylation is 1. The normalized spacial score (nSPS) is 12.8. The van der Waals surface area contributed by atoms with Crippen LogP contribution in [0.3, 0.4) is 0 Å². The summed E-state index contributed by atoms with van der Waals surface area (Å²) in [5.41, 5.74) is 8.37. The molecule has 20 heavy (non-hydrogen) atoms. The molecule has 0 aliphatic rings. The number of nitrogens with two attached hydrogens (primary N) is 1. The molecule has 1 unspecified atom stereocenters. The molecular formula is C15H20FN3O. The van der Waals surface area contributed by atoms with Gasteiger partial charge in [-0.15, -0.1) is 0 Å². The van der Waals surface area contributed by atoms with Crippen LogP contribution >= 0.6 is 0 Å². The maximum atomic E-state index is 14.0. The van der Waals surface area contributed by atoms with E-state index >= 15 is 0 Å². The molecule has 5 heteroatoms. The fourth-order valence-corrected chi connectivity index (χ4v) is 2.27. The molecule has 0 aliphatic carbocycles. The fourth-order valence-electron chi connectivity index (χ4n) is 2.27. The first-order chi connectivity index (χ1) is 9.45. The quantitative estimate of drug-likeness (QED) is 0.934. The third kappa shape index (κ3) is 2.54. The zero-order valence-corrected chi connectivity index (χ0v) is 12.2. The van der Waals surface area contributed by atoms with Gasteiger partial charge in [0.1, 0.15) is 11.5 Å². The summed E-state index contributed by atoms with van der Waals surface area (Å²) in [7, 11) is 1.56. The van der Waals surface area contributed by atoms with E-state index in [0.717, 1.165) is 5.56 Å². The Morgan fingerprint density at radius 3 is 2.65 bits per heavy atom. The second-order valence-electron chi connectivity index (χ2n) is 5.14. The monoisotopic (exact) mass is 277 g/mol. The Morgan fingerprint density at radius 1 is 1.35 bits per heavy atom. The molecule has 1 aromatic carbocycles. The summed E-state index contributed by atoms with van der Waals surface area (Å²) >= 11 is 0. The van der Waals surface area contributed by atoms with Gasteiger partial charge >= 0.3 is 0 Å². The zero-order chi connectivity index (χ0) is 14.9. The van der Waals surface area contributed by atoms with E-state index in [9.17, 15) is 4.39 Å². The molecule has 0 fully saturated rings. The van der Waals surface area contributed by atoms with Gasteiger partial charge in [0.05, 0.1) is 19.3 Å². The molecule has 2 aromatic rings. The molecule has 0 saturated carbocycles. The van der Waals surface area contributed by atoms with Crippen molar-refractivity contribution in [2.24, 2.45) is 5.73 Å². The number of halogens is 1. The summed E-state index contributed by atoms with van der Waals surface area (Å²) in [5.74, 6) is 0.258. The molecule has 0 spiro atoms. The smallest absolute Gasteiger partial charge is 0.161 e. The summed E-state index contributed by atoms with van der Waals surface area (Å²) in [5, 5.41) is 4.27. The van der Waals surface area contributed by atoms with Crippen LogP contribution < -0.4 is 10.5 Å². The predicted octanol–water partition coefficient (Wildman–Crippen LogP) is 2.97. The second-order valence-corrected chi connectivity index (χ2v) is 5.14. The molecule has 108 valence electrons. The lowest BCUT2D eigenvalue weighted by Gasteiger charge is -2.19. The van der Waals surface area contributed by atoms with Crippen LogP contribution in [0.2, 0.25) is 0 Å². The topological polar surface area (TPSA) is 53.1 Å². The van der Waals surface area contributed by atoms with E-state index in [1.54, 1.807) is 30.1 Å². The number of nitrogens with zero attached hydrogens (tertiary/aromatic N) is 2. The first kappa shape index (κ1) is 14.5. The third-order valence-electron chi connectivity index (χ3n) is 3.29. The number of hydrogen-bond donors (Lipinski definition) is 1. The number of rotatable bonds is 4. The molecule has 1 heterocycles. The molecule has 1 aromatic heterocycles. The maximum absolute atomic E-state index is 14.0. The lowest BCUT2D eigenvalue weighted by Crippen LogP contribution is -2.20. The molecule has 1 atom stereocenters. The molecular weight excluding hydrogens is 257 g/mol. The highest BCUT2D eigenvalue weighted by Crippen LogP contribution is 2.31. The van der Waals surface area contributed by atoms with Gasteiger partial charge in [-0.2, -0.15) is 5.10 Å². The Kier molecular flexibility index (Phi) is 4.09. The second kappa shape index (κ2) is 5.63. The van der Waals surface area contributed by atoms with Gasteiger partial charge in [-0.25, -0.2) is 4.39 Å². The van der Waals surface area contributed by atoms with Gasteiger partial charge in [-0.1, -0.05) is 17.7 Å². The van der Waals surface area contributed by atoms with Crippen LogP contribution in [0, 0.1) is 12.7 Å². The lowest BCUT2D eigenvalue weighted by molar-refractivity contribution is 0.400. The Bertz CT molecular complexity index is 607. The largest absolute Gasteiger partial charge is 0.493 e. The van der Waals surface area contributed by atoms with E-state index in [1.165, 1.54) is 6.07 Å². The summed E-state index contributed by atoms with van der Waals surface area (Å²) in [6, 6.07) is 4.43. The minimum Gasteiger partial charge on any atom is -0.493 e. The van der Waals surface area contributed by atoms with E-state index in [2.05, 4.69) is 5.10 Å². The molecule has 0 saturated heterocycles. The highest BCUT2D eigenvalue weighted by atomic mass is 19.1. The molecule has 0 bridgehead atoms. The van der Waals surface area contributed by atoms with Crippen molar-refractivity contribution in [3.63, 3.8) is 0 Å².